The highest BCUT2D eigenvalue weighted by Crippen LogP contribution is 2.45. The number of aliphatic hydroxyl groups excluding tert-OH is 2. The van der Waals surface area contributed by atoms with Crippen LogP contribution in [0.4, 0.5) is 17.6 Å². The molecule has 6 rings (SSSR count). The summed E-state index contributed by atoms with van der Waals surface area (Å²) in [6, 6.07) is 5.63. The van der Waals surface area contributed by atoms with Crippen LogP contribution < -0.4 is 32.5 Å². The number of nitrogens with two attached hydrogens (primary N) is 1. The van der Waals surface area contributed by atoms with Gasteiger partial charge in [-0.3, -0.25) is 23.7 Å². The average Bonchev–Trinajstić information content (AvgIpc) is 3.60. The highest BCUT2D eigenvalue weighted by atomic mass is 31.2. The number of imidazole rings is 1. The van der Waals surface area contributed by atoms with Gasteiger partial charge in [-0.2, -0.15) is 4.98 Å². The van der Waals surface area contributed by atoms with Crippen molar-refractivity contribution in [3.05, 3.63) is 50.1 Å². The number of nitrogens with one attached hydrogen (secondary N) is 3. The number of anilines is 3. The number of carbonyl (C=O) groups excluding carboxylic acids is 1. The number of benzene rings is 1. The van der Waals surface area contributed by atoms with Crippen LogP contribution in [-0.4, -0.2) is 95.5 Å². The maximum atomic E-state index is 12.8. The molecule has 4 aromatic rings. The summed E-state index contributed by atoms with van der Waals surface area (Å²) in [7, 11) is -4.88. The zero-order chi connectivity index (χ0) is 40.5. The van der Waals surface area contributed by atoms with Gasteiger partial charge in [-0.05, 0) is 69.6 Å². The third-order valence-corrected chi connectivity index (χ3v) is 11.0. The lowest BCUT2D eigenvalue weighted by Crippen LogP contribution is -2.49. The Bertz CT molecular complexity index is 2230. The second kappa shape index (κ2) is 16.6. The summed E-state index contributed by atoms with van der Waals surface area (Å²) in [6.07, 6.45) is -0.769. The normalized spacial score (nSPS) is 22.1. The lowest BCUT2D eigenvalue weighted by Gasteiger charge is -2.47. The van der Waals surface area contributed by atoms with Gasteiger partial charge >= 0.3 is 13.4 Å². The summed E-state index contributed by atoms with van der Waals surface area (Å²) < 4.78 is 28.2. The topological polar surface area (TPSA) is 281 Å². The Labute approximate surface area is 321 Å². The van der Waals surface area contributed by atoms with Crippen molar-refractivity contribution < 1.29 is 43.0 Å². The lowest BCUT2D eigenvalue weighted by atomic mass is 9.79. The summed E-state index contributed by atoms with van der Waals surface area (Å²) in [5.41, 5.74) is 8.20. The molecule has 1 fully saturated rings. The van der Waals surface area contributed by atoms with E-state index in [-0.39, 0.29) is 40.1 Å². The number of H-pyrrole nitrogens is 1. The number of phosphoric acid groups is 1. The van der Waals surface area contributed by atoms with E-state index in [9.17, 15) is 29.2 Å². The van der Waals surface area contributed by atoms with E-state index in [4.69, 9.17) is 24.7 Å². The number of nitrogen functional groups attached to an aromatic ring is 1. The molecule has 20 heteroatoms. The van der Waals surface area contributed by atoms with Gasteiger partial charge in [0.05, 0.1) is 6.61 Å². The van der Waals surface area contributed by atoms with E-state index < -0.39 is 44.5 Å². The predicted octanol–water partition coefficient (Wildman–Crippen LogP) is 2.51. The fourth-order valence-electron chi connectivity index (χ4n) is 7.85. The van der Waals surface area contributed by atoms with Crippen LogP contribution in [0.3, 0.4) is 0 Å². The molecule has 0 saturated carbocycles. The number of ether oxygens (including phenoxy) is 1. The molecule has 0 bridgehead atoms. The van der Waals surface area contributed by atoms with Crippen molar-refractivity contribution in [2.45, 2.75) is 109 Å². The van der Waals surface area contributed by atoms with Crippen LogP contribution in [0.5, 0.6) is 0 Å². The van der Waals surface area contributed by atoms with Crippen molar-refractivity contribution in [3.8, 4) is 0 Å². The number of hydrogen-bond donors (Lipinski definition) is 8. The minimum absolute atomic E-state index is 0.0182. The highest BCUT2D eigenvalue weighted by molar-refractivity contribution is 7.46. The molecular weight excluding hydrogens is 751 g/mol. The molecule has 0 aliphatic carbocycles. The second-order valence-electron chi connectivity index (χ2n) is 15.3. The van der Waals surface area contributed by atoms with Gasteiger partial charge in [0.2, 0.25) is 17.8 Å². The Morgan fingerprint density at radius 3 is 2.55 bits per heavy atom. The molecule has 0 spiro atoms. The largest absolute Gasteiger partial charge is 0.469 e. The molecule has 306 valence electrons. The van der Waals surface area contributed by atoms with Crippen molar-refractivity contribution in [1.29, 1.82) is 0 Å². The zero-order valence-corrected chi connectivity index (χ0v) is 32.8. The molecule has 1 amide bonds. The number of nitrogens with zero attached hydrogens (tertiary/aromatic N) is 4. The van der Waals surface area contributed by atoms with Crippen molar-refractivity contribution >= 4 is 53.4 Å². The fourth-order valence-corrected chi connectivity index (χ4v) is 8.19. The Kier molecular flexibility index (Phi) is 12.3. The molecule has 0 radical (unpaired) electrons. The minimum atomic E-state index is -4.88. The van der Waals surface area contributed by atoms with Crippen molar-refractivity contribution in [2.75, 3.05) is 42.2 Å². The van der Waals surface area contributed by atoms with Gasteiger partial charge in [0.1, 0.15) is 23.9 Å². The van der Waals surface area contributed by atoms with E-state index in [0.29, 0.717) is 50.4 Å². The first-order valence-electron chi connectivity index (χ1n) is 18.8. The number of aliphatic hydroxyl groups is 2. The molecule has 1 saturated heterocycles. The van der Waals surface area contributed by atoms with Crippen LogP contribution >= 0.6 is 7.82 Å². The number of hydrogen-bond acceptors (Lipinski definition) is 14. The monoisotopic (exact) mass is 802 g/mol. The molecule has 1 aromatic carbocycles. The number of amides is 1. The number of unbranched alkanes of at least 4 members (excludes halogenated alkanes) is 3. The molecule has 2 aliphatic rings. The van der Waals surface area contributed by atoms with Crippen LogP contribution in [0.1, 0.15) is 89.0 Å². The Morgan fingerprint density at radius 2 is 1.82 bits per heavy atom. The van der Waals surface area contributed by atoms with Gasteiger partial charge in [-0.1, -0.05) is 19.8 Å². The molecular formula is C36H51N8O11P. The summed E-state index contributed by atoms with van der Waals surface area (Å²) in [5.74, 6) is 0.192. The molecule has 5 atom stereocenters. The molecule has 56 heavy (non-hydrogen) atoms. The third kappa shape index (κ3) is 9.09. The van der Waals surface area contributed by atoms with E-state index in [0.717, 1.165) is 42.3 Å². The van der Waals surface area contributed by atoms with E-state index >= 15 is 0 Å². The quantitative estimate of drug-likeness (QED) is 0.0459. The summed E-state index contributed by atoms with van der Waals surface area (Å²) >= 11 is 0. The van der Waals surface area contributed by atoms with Crippen molar-refractivity contribution in [2.24, 2.45) is 0 Å². The molecule has 2 aliphatic heterocycles. The van der Waals surface area contributed by atoms with E-state index in [1.807, 2.05) is 13.0 Å². The lowest BCUT2D eigenvalue weighted by molar-refractivity contribution is -0.121. The van der Waals surface area contributed by atoms with Crippen LogP contribution in [0.15, 0.2) is 32.2 Å². The maximum absolute atomic E-state index is 12.8. The molecule has 3 aromatic heterocycles. The molecule has 1 unspecified atom stereocenters. The standard InChI is InChI=1S/C36H51N8O11P/c1-19-14-27(46)54-24-16-23-21(15-22(19)24)20(2)17-36(3,4)43(23)13-9-10-26(45)38-11-7-5-6-8-12-39-35-40-28-31(41-34(37)42-32(28)49)44(35)33-30(48)29(47)25(55-33)18-53-56(50,51)52/h14-16,20,25,29-30,33,47-48H,5-13,17-18H2,1-4H3,(H,38,45)(H,39,40)(H2,50,51,52)(H3,37,41,42,49)/t20?,25-,29-,30-,33-/m1/s1. The Morgan fingerprint density at radius 1 is 1.09 bits per heavy atom. The number of fused-ring (bicyclic) bond motifs is 3. The first kappa shape index (κ1) is 41.3. The van der Waals surface area contributed by atoms with Crippen molar-refractivity contribution in [3.63, 3.8) is 0 Å². The number of carbonyl (C=O) groups is 1. The van der Waals surface area contributed by atoms with E-state index in [2.05, 4.69) is 61.8 Å². The zero-order valence-electron chi connectivity index (χ0n) is 31.9. The fraction of sp³-hybridized carbons (Fsp3) is 0.583. The maximum Gasteiger partial charge on any atom is 0.469 e. The highest BCUT2D eigenvalue weighted by Gasteiger charge is 2.46. The van der Waals surface area contributed by atoms with Crippen LogP contribution in [0, 0.1) is 6.92 Å². The molecule has 9 N–H and O–H groups in total. The second-order valence-corrected chi connectivity index (χ2v) is 16.5. The molecule has 19 nitrogen and oxygen atoms in total. The van der Waals surface area contributed by atoms with Gasteiger partial charge in [-0.15, -0.1) is 0 Å². The summed E-state index contributed by atoms with van der Waals surface area (Å²) in [5, 5.41) is 28.4. The van der Waals surface area contributed by atoms with Gasteiger partial charge in [0.25, 0.3) is 5.56 Å². The summed E-state index contributed by atoms with van der Waals surface area (Å²) in [6.45, 7) is 9.44. The minimum Gasteiger partial charge on any atom is -0.423 e. The Balaban J connectivity index is 0.964. The number of rotatable bonds is 16. The van der Waals surface area contributed by atoms with Crippen molar-refractivity contribution in [1.82, 2.24) is 24.8 Å². The average molecular weight is 803 g/mol. The van der Waals surface area contributed by atoms with Crippen LogP contribution in [0.25, 0.3) is 22.1 Å². The van der Waals surface area contributed by atoms with Gasteiger partial charge in [0.15, 0.2) is 17.4 Å². The summed E-state index contributed by atoms with van der Waals surface area (Å²) in [4.78, 5) is 68.8. The van der Waals surface area contributed by atoms with E-state index in [1.54, 1.807) is 0 Å². The number of phosphoric ester groups is 1. The number of aryl methyl sites for hydroxylation is 1. The first-order valence-corrected chi connectivity index (χ1v) is 20.3. The van der Waals surface area contributed by atoms with Gasteiger partial charge < -0.3 is 50.4 Å². The third-order valence-electron chi connectivity index (χ3n) is 10.5. The first-order chi connectivity index (χ1) is 26.4. The SMILES string of the molecule is Cc1cc(=O)oc2cc3c(cc12)C(C)CC(C)(C)N3CCCC(=O)NCCCCCCNc1nc2c(=O)[nH]c(N)nc2n1[C@@H]1O[C@H](COP(=O)(O)O)[C@@H](O)[C@H]1O. The van der Waals surface area contributed by atoms with Gasteiger partial charge in [-0.25, -0.2) is 14.3 Å². The Hall–Kier alpha value is -4.36. The number of aromatic nitrogens is 4. The van der Waals surface area contributed by atoms with Crippen LogP contribution in [-0.2, 0) is 18.6 Å². The van der Waals surface area contributed by atoms with E-state index in [1.165, 1.54) is 16.2 Å². The molecule has 5 heterocycles. The predicted molar refractivity (Wildman–Crippen MR) is 207 cm³/mol. The van der Waals surface area contributed by atoms with Crippen LogP contribution in [0.2, 0.25) is 0 Å². The van der Waals surface area contributed by atoms with Gasteiger partial charge in [0, 0.05) is 54.8 Å². The smallest absolute Gasteiger partial charge is 0.423 e. The number of aromatic amines is 1.